The molecule has 1 aliphatic rings. The molecule has 1 aliphatic carbocycles. The van der Waals surface area contributed by atoms with E-state index in [1.807, 2.05) is 30.4 Å². The van der Waals surface area contributed by atoms with Gasteiger partial charge in [-0.3, -0.25) is 14.8 Å². The summed E-state index contributed by atoms with van der Waals surface area (Å²) >= 11 is 0. The molecule has 0 saturated heterocycles. The van der Waals surface area contributed by atoms with Crippen LogP contribution in [0.15, 0.2) is 60.2 Å². The van der Waals surface area contributed by atoms with Gasteiger partial charge in [-0.25, -0.2) is 5.48 Å². The summed E-state index contributed by atoms with van der Waals surface area (Å²) in [6.07, 6.45) is 9.44. The standard InChI is InChI=1S/C20H20N2O4/c1-14(23)18(20(25)22-26)21-19(24)17-12-10-16(11-13-17)9-8-15-6-4-2-3-5-7-15/h2-6,10-14,18,23,26H,7H2,1H3,(H,21,24)(H,22,25). The second-order valence-corrected chi connectivity index (χ2v) is 5.70. The van der Waals surface area contributed by atoms with Gasteiger partial charge in [-0.1, -0.05) is 42.2 Å². The van der Waals surface area contributed by atoms with Crippen molar-refractivity contribution in [1.29, 1.82) is 0 Å². The van der Waals surface area contributed by atoms with Gasteiger partial charge in [0.05, 0.1) is 6.10 Å². The quantitative estimate of drug-likeness (QED) is 0.375. The first kappa shape index (κ1) is 19.2. The molecule has 0 radical (unpaired) electrons. The molecule has 134 valence electrons. The molecule has 2 atom stereocenters. The number of hydrogen-bond donors (Lipinski definition) is 4. The number of rotatable bonds is 4. The van der Waals surface area contributed by atoms with Crippen LogP contribution in [0.2, 0.25) is 0 Å². The van der Waals surface area contributed by atoms with Gasteiger partial charge in [0.2, 0.25) is 0 Å². The van der Waals surface area contributed by atoms with Crippen LogP contribution >= 0.6 is 0 Å². The molecule has 1 aromatic carbocycles. The second-order valence-electron chi connectivity index (χ2n) is 5.70. The Balaban J connectivity index is 2.06. The van der Waals surface area contributed by atoms with E-state index in [2.05, 4.69) is 17.2 Å². The third-order valence-corrected chi connectivity index (χ3v) is 3.67. The lowest BCUT2D eigenvalue weighted by molar-refractivity contribution is -0.133. The van der Waals surface area contributed by atoms with Crippen molar-refractivity contribution < 1.29 is 19.9 Å². The van der Waals surface area contributed by atoms with E-state index in [-0.39, 0.29) is 0 Å². The maximum atomic E-state index is 12.2. The van der Waals surface area contributed by atoms with Gasteiger partial charge in [0.25, 0.3) is 11.8 Å². The van der Waals surface area contributed by atoms with Crippen molar-refractivity contribution in [2.45, 2.75) is 25.5 Å². The van der Waals surface area contributed by atoms with Crippen molar-refractivity contribution in [2.24, 2.45) is 0 Å². The monoisotopic (exact) mass is 352 g/mol. The van der Waals surface area contributed by atoms with Crippen LogP contribution in [0, 0.1) is 11.8 Å². The number of nitrogens with one attached hydrogen (secondary N) is 2. The Kier molecular flexibility index (Phi) is 6.92. The van der Waals surface area contributed by atoms with Crippen LogP contribution in [0.25, 0.3) is 0 Å². The van der Waals surface area contributed by atoms with E-state index in [1.54, 1.807) is 24.3 Å². The molecular formula is C20H20N2O4. The molecule has 0 spiro atoms. The Morgan fingerprint density at radius 3 is 2.50 bits per heavy atom. The van der Waals surface area contributed by atoms with Crippen LogP contribution in [0.5, 0.6) is 0 Å². The predicted molar refractivity (Wildman–Crippen MR) is 97.2 cm³/mol. The van der Waals surface area contributed by atoms with Gasteiger partial charge in [-0.05, 0) is 37.6 Å². The molecule has 26 heavy (non-hydrogen) atoms. The number of amides is 2. The summed E-state index contributed by atoms with van der Waals surface area (Å²) in [7, 11) is 0. The molecule has 2 amide bonds. The highest BCUT2D eigenvalue weighted by atomic mass is 16.5. The Hall–Kier alpha value is -3.14. The minimum atomic E-state index is -1.25. The number of carbonyl (C=O) groups excluding carboxylic acids is 2. The van der Waals surface area contributed by atoms with Crippen LogP contribution in [0.1, 0.15) is 29.3 Å². The highest BCUT2D eigenvalue weighted by Gasteiger charge is 2.25. The molecule has 0 saturated carbocycles. The molecule has 0 aliphatic heterocycles. The Bertz CT molecular complexity index is 808. The van der Waals surface area contributed by atoms with E-state index < -0.39 is 24.0 Å². The minimum Gasteiger partial charge on any atom is -0.391 e. The van der Waals surface area contributed by atoms with Gasteiger partial charge in [-0.2, -0.15) is 0 Å². The predicted octanol–water partition coefficient (Wildman–Crippen LogP) is 1.47. The van der Waals surface area contributed by atoms with Gasteiger partial charge in [0.1, 0.15) is 6.04 Å². The average molecular weight is 352 g/mol. The summed E-state index contributed by atoms with van der Waals surface area (Å²) < 4.78 is 0. The van der Waals surface area contributed by atoms with Crippen molar-refractivity contribution in [2.75, 3.05) is 0 Å². The SMILES string of the molecule is CC(O)C(NC(=O)c1ccc(C#CC2=CC=CC=CC2)cc1)C(=O)NO. The number of aliphatic hydroxyl groups is 1. The average Bonchev–Trinajstić information content (AvgIpc) is 2.92. The Labute approximate surface area is 151 Å². The van der Waals surface area contributed by atoms with Crippen molar-refractivity contribution in [3.63, 3.8) is 0 Å². The highest BCUT2D eigenvalue weighted by molar-refractivity contribution is 5.97. The summed E-state index contributed by atoms with van der Waals surface area (Å²) in [5.41, 5.74) is 3.47. The van der Waals surface area contributed by atoms with Crippen LogP contribution < -0.4 is 10.8 Å². The number of hydrogen-bond acceptors (Lipinski definition) is 4. The number of aliphatic hydroxyl groups excluding tert-OH is 1. The van der Waals surface area contributed by atoms with Gasteiger partial charge in [0, 0.05) is 16.7 Å². The second kappa shape index (κ2) is 9.37. The highest BCUT2D eigenvalue weighted by Crippen LogP contribution is 2.08. The van der Waals surface area contributed by atoms with Crippen LogP contribution in [0.3, 0.4) is 0 Å². The molecule has 6 nitrogen and oxygen atoms in total. The Morgan fingerprint density at radius 1 is 1.12 bits per heavy atom. The third-order valence-electron chi connectivity index (χ3n) is 3.67. The fourth-order valence-corrected chi connectivity index (χ4v) is 2.23. The molecule has 0 bridgehead atoms. The fourth-order valence-electron chi connectivity index (χ4n) is 2.23. The molecule has 0 heterocycles. The molecule has 2 rings (SSSR count). The smallest absolute Gasteiger partial charge is 0.268 e. The zero-order valence-electron chi connectivity index (χ0n) is 14.3. The van der Waals surface area contributed by atoms with Gasteiger partial charge >= 0.3 is 0 Å². The number of allylic oxidation sites excluding steroid dienone is 6. The summed E-state index contributed by atoms with van der Waals surface area (Å²) in [6, 6.07) is 5.31. The molecule has 0 aromatic heterocycles. The van der Waals surface area contributed by atoms with E-state index in [0.717, 1.165) is 17.6 Å². The largest absolute Gasteiger partial charge is 0.391 e. The van der Waals surface area contributed by atoms with Crippen molar-refractivity contribution in [3.05, 3.63) is 71.3 Å². The molecule has 0 fully saturated rings. The van der Waals surface area contributed by atoms with Crippen molar-refractivity contribution in [1.82, 2.24) is 10.8 Å². The first-order valence-corrected chi connectivity index (χ1v) is 8.08. The summed E-state index contributed by atoms with van der Waals surface area (Å²) in [5.74, 6) is 4.70. The van der Waals surface area contributed by atoms with E-state index in [1.165, 1.54) is 12.4 Å². The zero-order chi connectivity index (χ0) is 18.9. The van der Waals surface area contributed by atoms with E-state index >= 15 is 0 Å². The van der Waals surface area contributed by atoms with E-state index in [4.69, 9.17) is 5.21 Å². The lowest BCUT2D eigenvalue weighted by Gasteiger charge is -2.19. The summed E-state index contributed by atoms with van der Waals surface area (Å²) in [6.45, 7) is 1.34. The summed E-state index contributed by atoms with van der Waals surface area (Å²) in [4.78, 5) is 23.7. The first-order valence-electron chi connectivity index (χ1n) is 8.08. The topological polar surface area (TPSA) is 98.7 Å². The van der Waals surface area contributed by atoms with Gasteiger partial charge in [-0.15, -0.1) is 0 Å². The van der Waals surface area contributed by atoms with Crippen molar-refractivity contribution in [3.8, 4) is 11.8 Å². The molecule has 4 N–H and O–H groups in total. The number of hydroxylamine groups is 1. The maximum Gasteiger partial charge on any atom is 0.268 e. The lowest BCUT2D eigenvalue weighted by Crippen LogP contribution is -2.51. The van der Waals surface area contributed by atoms with E-state index in [9.17, 15) is 14.7 Å². The van der Waals surface area contributed by atoms with Crippen LogP contribution in [0.4, 0.5) is 0 Å². The van der Waals surface area contributed by atoms with Gasteiger partial charge < -0.3 is 10.4 Å². The molecule has 6 heteroatoms. The van der Waals surface area contributed by atoms with E-state index in [0.29, 0.717) is 5.56 Å². The number of carbonyl (C=O) groups is 2. The fraction of sp³-hybridized carbons (Fsp3) is 0.200. The molecule has 1 aromatic rings. The molecule has 2 unspecified atom stereocenters. The first-order chi connectivity index (χ1) is 12.5. The minimum absolute atomic E-state index is 0.312. The van der Waals surface area contributed by atoms with Gasteiger partial charge in [0.15, 0.2) is 0 Å². The van der Waals surface area contributed by atoms with Crippen LogP contribution in [-0.2, 0) is 4.79 Å². The van der Waals surface area contributed by atoms with Crippen molar-refractivity contribution >= 4 is 11.8 Å². The van der Waals surface area contributed by atoms with Crippen LogP contribution in [-0.4, -0.2) is 34.3 Å². The third kappa shape index (κ3) is 5.45. The summed E-state index contributed by atoms with van der Waals surface area (Å²) in [5, 5.41) is 20.6. The normalized spacial score (nSPS) is 15.0. The number of benzene rings is 1. The maximum absolute atomic E-state index is 12.2. The lowest BCUT2D eigenvalue weighted by atomic mass is 10.1. The Morgan fingerprint density at radius 2 is 1.85 bits per heavy atom. The zero-order valence-corrected chi connectivity index (χ0v) is 14.3. The molecular weight excluding hydrogens is 332 g/mol.